The van der Waals surface area contributed by atoms with E-state index >= 15 is 0 Å². The molecule has 6 nitrogen and oxygen atoms in total. The lowest BCUT2D eigenvalue weighted by molar-refractivity contribution is -0.121. The molecule has 1 aromatic rings. The fourth-order valence-corrected chi connectivity index (χ4v) is 2.36. The number of aromatic nitrogens is 1. The van der Waals surface area contributed by atoms with Gasteiger partial charge in [-0.1, -0.05) is 0 Å². The third-order valence-electron chi connectivity index (χ3n) is 3.56. The van der Waals surface area contributed by atoms with E-state index in [1.807, 2.05) is 0 Å². The molecule has 1 aliphatic heterocycles. The average Bonchev–Trinajstić information content (AvgIpc) is 3.04. The summed E-state index contributed by atoms with van der Waals surface area (Å²) in [4.78, 5) is 29.6. The number of hydrogen-bond acceptors (Lipinski definition) is 5. The summed E-state index contributed by atoms with van der Waals surface area (Å²) in [5.41, 5.74) is 1.08. The van der Waals surface area contributed by atoms with Crippen molar-refractivity contribution in [2.24, 2.45) is 0 Å². The van der Waals surface area contributed by atoms with E-state index in [4.69, 9.17) is 0 Å². The second-order valence-electron chi connectivity index (χ2n) is 5.10. The Balaban J connectivity index is 1.76. The van der Waals surface area contributed by atoms with Crippen LogP contribution in [-0.2, 0) is 16.1 Å². The number of methoxy groups -OCH3 is 1. The van der Waals surface area contributed by atoms with Crippen molar-refractivity contribution in [2.45, 2.75) is 25.8 Å². The van der Waals surface area contributed by atoms with Crippen LogP contribution in [0.2, 0.25) is 0 Å². The van der Waals surface area contributed by atoms with Crippen molar-refractivity contribution in [1.82, 2.24) is 15.2 Å². The lowest BCUT2D eigenvalue weighted by atomic mass is 10.2. The van der Waals surface area contributed by atoms with Crippen molar-refractivity contribution in [3.8, 4) is 0 Å². The molecular formula is C15H21N3O3. The third-order valence-corrected chi connectivity index (χ3v) is 3.56. The van der Waals surface area contributed by atoms with Crippen LogP contribution >= 0.6 is 0 Å². The highest BCUT2D eigenvalue weighted by Gasteiger charge is 2.13. The van der Waals surface area contributed by atoms with E-state index in [1.54, 1.807) is 12.1 Å². The van der Waals surface area contributed by atoms with Crippen LogP contribution in [0.3, 0.4) is 0 Å². The Morgan fingerprint density at radius 2 is 2.14 bits per heavy atom. The normalized spacial score (nSPS) is 14.9. The van der Waals surface area contributed by atoms with Crippen LogP contribution in [0, 0.1) is 0 Å². The van der Waals surface area contributed by atoms with Gasteiger partial charge in [-0.2, -0.15) is 0 Å². The summed E-state index contributed by atoms with van der Waals surface area (Å²) in [5.74, 6) is -0.397. The maximum absolute atomic E-state index is 11.8. The minimum Gasteiger partial charge on any atom is -0.465 e. The first-order chi connectivity index (χ1) is 10.2. The maximum Gasteiger partial charge on any atom is 0.337 e. The van der Waals surface area contributed by atoms with E-state index in [9.17, 15) is 9.59 Å². The van der Waals surface area contributed by atoms with Crippen LogP contribution in [-0.4, -0.2) is 48.5 Å². The zero-order valence-electron chi connectivity index (χ0n) is 12.3. The van der Waals surface area contributed by atoms with Gasteiger partial charge in [0.05, 0.1) is 24.9 Å². The van der Waals surface area contributed by atoms with Crippen molar-refractivity contribution >= 4 is 11.9 Å². The molecule has 1 aromatic heterocycles. The molecule has 21 heavy (non-hydrogen) atoms. The molecule has 6 heteroatoms. The van der Waals surface area contributed by atoms with Crippen LogP contribution in [0.1, 0.15) is 35.3 Å². The van der Waals surface area contributed by atoms with Crippen LogP contribution in [0.4, 0.5) is 0 Å². The van der Waals surface area contributed by atoms with E-state index in [-0.39, 0.29) is 5.91 Å². The Morgan fingerprint density at radius 3 is 2.86 bits per heavy atom. The quantitative estimate of drug-likeness (QED) is 0.791. The third kappa shape index (κ3) is 4.82. The summed E-state index contributed by atoms with van der Waals surface area (Å²) in [6.45, 7) is 3.32. The lowest BCUT2D eigenvalue weighted by Crippen LogP contribution is -2.29. The molecule has 1 fully saturated rings. The number of likely N-dealkylation sites (tertiary alicyclic amines) is 1. The second-order valence-corrected chi connectivity index (χ2v) is 5.10. The van der Waals surface area contributed by atoms with Crippen molar-refractivity contribution < 1.29 is 14.3 Å². The molecule has 1 amide bonds. The molecule has 0 unspecified atom stereocenters. The van der Waals surface area contributed by atoms with Gasteiger partial charge >= 0.3 is 5.97 Å². The van der Waals surface area contributed by atoms with Crippen molar-refractivity contribution in [3.05, 3.63) is 29.6 Å². The number of ether oxygens (including phenoxy) is 1. The highest BCUT2D eigenvalue weighted by atomic mass is 16.5. The minimum absolute atomic E-state index is 0.00664. The van der Waals surface area contributed by atoms with Gasteiger partial charge in [0, 0.05) is 19.2 Å². The zero-order valence-corrected chi connectivity index (χ0v) is 12.3. The first kappa shape index (κ1) is 15.4. The number of carbonyl (C=O) groups excluding carboxylic acids is 2. The Labute approximate surface area is 124 Å². The van der Waals surface area contributed by atoms with Crippen molar-refractivity contribution in [3.63, 3.8) is 0 Å². The highest BCUT2D eigenvalue weighted by Crippen LogP contribution is 2.07. The van der Waals surface area contributed by atoms with Gasteiger partial charge in [-0.15, -0.1) is 0 Å². The fourth-order valence-electron chi connectivity index (χ4n) is 2.36. The predicted molar refractivity (Wildman–Crippen MR) is 77.7 cm³/mol. The topological polar surface area (TPSA) is 71.5 Å². The Kier molecular flexibility index (Phi) is 5.68. The van der Waals surface area contributed by atoms with Crippen molar-refractivity contribution in [1.29, 1.82) is 0 Å². The molecule has 0 atom stereocenters. The maximum atomic E-state index is 11.8. The van der Waals surface area contributed by atoms with Gasteiger partial charge in [-0.3, -0.25) is 9.78 Å². The Morgan fingerprint density at radius 1 is 1.38 bits per heavy atom. The van der Waals surface area contributed by atoms with Crippen LogP contribution in [0.25, 0.3) is 0 Å². The predicted octanol–water partition coefficient (Wildman–Crippen LogP) is 0.970. The number of hydrogen-bond donors (Lipinski definition) is 1. The number of nitrogens with one attached hydrogen (secondary N) is 1. The number of nitrogens with zero attached hydrogens (tertiary/aromatic N) is 2. The summed E-state index contributed by atoms with van der Waals surface area (Å²) in [6.07, 6.45) is 4.49. The van der Waals surface area contributed by atoms with Gasteiger partial charge in [0.2, 0.25) is 5.91 Å². The van der Waals surface area contributed by atoms with Crippen molar-refractivity contribution in [2.75, 3.05) is 26.7 Å². The van der Waals surface area contributed by atoms with Crippen LogP contribution in [0.15, 0.2) is 18.3 Å². The number of carbonyl (C=O) groups is 2. The van der Waals surface area contributed by atoms with Gasteiger partial charge in [0.1, 0.15) is 0 Å². The van der Waals surface area contributed by atoms with Gasteiger partial charge in [-0.25, -0.2) is 4.79 Å². The van der Waals surface area contributed by atoms with Gasteiger partial charge in [0.15, 0.2) is 0 Å². The minimum atomic E-state index is -0.404. The zero-order chi connectivity index (χ0) is 15.1. The molecule has 0 bridgehead atoms. The first-order valence-corrected chi connectivity index (χ1v) is 7.21. The monoisotopic (exact) mass is 291 g/mol. The van der Waals surface area contributed by atoms with E-state index in [2.05, 4.69) is 19.9 Å². The molecule has 2 heterocycles. The Hall–Kier alpha value is -1.95. The second kappa shape index (κ2) is 7.73. The smallest absolute Gasteiger partial charge is 0.337 e. The van der Waals surface area contributed by atoms with E-state index in [0.29, 0.717) is 24.2 Å². The molecule has 1 aliphatic rings. The average molecular weight is 291 g/mol. The van der Waals surface area contributed by atoms with Gasteiger partial charge in [-0.05, 0) is 38.1 Å². The van der Waals surface area contributed by atoms with Crippen LogP contribution < -0.4 is 5.32 Å². The first-order valence-electron chi connectivity index (χ1n) is 7.21. The van der Waals surface area contributed by atoms with Gasteiger partial charge in [0.25, 0.3) is 0 Å². The molecule has 0 radical (unpaired) electrons. The fraction of sp³-hybridized carbons (Fsp3) is 0.533. The van der Waals surface area contributed by atoms with Crippen LogP contribution in [0.5, 0.6) is 0 Å². The van der Waals surface area contributed by atoms with E-state index in [0.717, 1.165) is 19.6 Å². The number of pyridine rings is 1. The molecule has 1 N–H and O–H groups in total. The summed E-state index contributed by atoms with van der Waals surface area (Å²) in [7, 11) is 1.34. The molecule has 0 aliphatic carbocycles. The Bertz CT molecular complexity index is 499. The molecule has 0 saturated carbocycles. The summed E-state index contributed by atoms with van der Waals surface area (Å²) in [6, 6.07) is 3.22. The summed E-state index contributed by atoms with van der Waals surface area (Å²) >= 11 is 0. The molecule has 1 saturated heterocycles. The molecule has 0 spiro atoms. The number of esters is 1. The summed E-state index contributed by atoms with van der Waals surface area (Å²) < 4.78 is 4.65. The number of rotatable bonds is 6. The van der Waals surface area contributed by atoms with E-state index in [1.165, 1.54) is 26.1 Å². The molecule has 2 rings (SSSR count). The SMILES string of the molecule is COC(=O)c1ccnc(CNC(=O)CCN2CCCC2)c1. The standard InChI is InChI=1S/C15H21N3O3/c1-21-15(20)12-4-6-16-13(10-12)11-17-14(19)5-9-18-7-2-3-8-18/h4,6,10H,2-3,5,7-9,11H2,1H3,(H,17,19). The lowest BCUT2D eigenvalue weighted by Gasteiger charge is -2.13. The molecule has 0 aromatic carbocycles. The van der Waals surface area contributed by atoms with Gasteiger partial charge < -0.3 is 15.0 Å². The largest absolute Gasteiger partial charge is 0.465 e. The molecule has 114 valence electrons. The number of amides is 1. The van der Waals surface area contributed by atoms with E-state index < -0.39 is 5.97 Å². The summed E-state index contributed by atoms with van der Waals surface area (Å²) in [5, 5.41) is 2.83. The molecular weight excluding hydrogens is 270 g/mol. The highest BCUT2D eigenvalue weighted by molar-refractivity contribution is 5.89.